The van der Waals surface area contributed by atoms with Crippen LogP contribution in [-0.2, 0) is 12.2 Å². The second-order valence-electron chi connectivity index (χ2n) is 6.51. The van der Waals surface area contributed by atoms with Crippen molar-refractivity contribution in [2.24, 2.45) is 0 Å². The average molecular weight is 358 g/mol. The Balaban J connectivity index is 1.47. The van der Waals surface area contributed by atoms with E-state index in [0.717, 1.165) is 22.8 Å². The Morgan fingerprint density at radius 1 is 1.23 bits per heavy atom. The van der Waals surface area contributed by atoms with E-state index in [1.165, 1.54) is 0 Å². The lowest BCUT2D eigenvalue weighted by Crippen LogP contribution is -2.27. The highest BCUT2D eigenvalue weighted by atomic mass is 19.1. The standard InChI is InChI=1S/C18H19FN4O3/c1-12-9-14(21-25-12)10-23-8-7-18(19,11-23)17-20-16(22-26-17)13-3-5-15(24-2)6-4-13/h3-6,9H,7-8,10-11H2,1-2H3. The summed E-state index contributed by atoms with van der Waals surface area (Å²) < 4.78 is 30.8. The van der Waals surface area contributed by atoms with Crippen LogP contribution in [0.5, 0.6) is 5.75 Å². The molecule has 0 N–H and O–H groups in total. The largest absolute Gasteiger partial charge is 0.497 e. The van der Waals surface area contributed by atoms with Crippen LogP contribution < -0.4 is 4.74 Å². The lowest BCUT2D eigenvalue weighted by Gasteiger charge is -2.16. The lowest BCUT2D eigenvalue weighted by molar-refractivity contribution is 0.115. The minimum absolute atomic E-state index is 0.0159. The van der Waals surface area contributed by atoms with E-state index in [1.807, 2.05) is 30.0 Å². The number of alkyl halides is 1. The van der Waals surface area contributed by atoms with Gasteiger partial charge in [-0.3, -0.25) is 4.90 Å². The number of aryl methyl sites for hydroxylation is 1. The van der Waals surface area contributed by atoms with Gasteiger partial charge in [-0.2, -0.15) is 4.98 Å². The van der Waals surface area contributed by atoms with Gasteiger partial charge in [-0.1, -0.05) is 10.3 Å². The fourth-order valence-electron chi connectivity index (χ4n) is 3.14. The van der Waals surface area contributed by atoms with Crippen LogP contribution in [0.15, 0.2) is 39.4 Å². The zero-order chi connectivity index (χ0) is 18.1. The number of hydrogen-bond donors (Lipinski definition) is 0. The van der Waals surface area contributed by atoms with E-state index in [1.54, 1.807) is 19.2 Å². The Bertz CT molecular complexity index is 892. The second kappa shape index (κ2) is 6.53. The first-order valence-corrected chi connectivity index (χ1v) is 8.38. The fraction of sp³-hybridized carbons (Fsp3) is 0.389. The van der Waals surface area contributed by atoms with E-state index < -0.39 is 5.67 Å². The van der Waals surface area contributed by atoms with Gasteiger partial charge in [0.15, 0.2) is 0 Å². The summed E-state index contributed by atoms with van der Waals surface area (Å²) in [5, 5.41) is 7.89. The predicted molar refractivity (Wildman–Crippen MR) is 90.2 cm³/mol. The molecular formula is C18H19FN4O3. The molecule has 3 heterocycles. The van der Waals surface area contributed by atoms with Crippen LogP contribution in [0.25, 0.3) is 11.4 Å². The number of hydrogen-bond acceptors (Lipinski definition) is 7. The summed E-state index contributed by atoms with van der Waals surface area (Å²) in [7, 11) is 1.60. The molecule has 0 aliphatic carbocycles. The first-order chi connectivity index (χ1) is 12.6. The minimum atomic E-state index is -1.66. The third-order valence-electron chi connectivity index (χ3n) is 4.52. The van der Waals surface area contributed by atoms with E-state index in [-0.39, 0.29) is 12.4 Å². The highest BCUT2D eigenvalue weighted by Crippen LogP contribution is 2.36. The molecule has 26 heavy (non-hydrogen) atoms. The Morgan fingerprint density at radius 2 is 2.04 bits per heavy atom. The van der Waals surface area contributed by atoms with Gasteiger partial charge >= 0.3 is 0 Å². The normalized spacial score (nSPS) is 20.6. The van der Waals surface area contributed by atoms with E-state index in [2.05, 4.69) is 15.3 Å². The van der Waals surface area contributed by atoms with Gasteiger partial charge in [0.1, 0.15) is 11.5 Å². The summed E-state index contributed by atoms with van der Waals surface area (Å²) in [5.74, 6) is 1.85. The van der Waals surface area contributed by atoms with Gasteiger partial charge in [0.05, 0.1) is 12.8 Å². The molecule has 2 aromatic heterocycles. The van der Waals surface area contributed by atoms with Crippen molar-refractivity contribution in [2.45, 2.75) is 25.6 Å². The molecule has 0 spiro atoms. The number of rotatable bonds is 5. The van der Waals surface area contributed by atoms with Crippen molar-refractivity contribution in [2.75, 3.05) is 20.2 Å². The molecule has 136 valence electrons. The first kappa shape index (κ1) is 16.7. The summed E-state index contributed by atoms with van der Waals surface area (Å²) in [6.07, 6.45) is 0.300. The van der Waals surface area contributed by atoms with Crippen LogP contribution >= 0.6 is 0 Å². The van der Waals surface area contributed by atoms with Crippen LogP contribution in [0.4, 0.5) is 4.39 Å². The van der Waals surface area contributed by atoms with Crippen molar-refractivity contribution >= 4 is 0 Å². The molecule has 0 amide bonds. The van der Waals surface area contributed by atoms with Crippen molar-refractivity contribution in [3.05, 3.63) is 47.7 Å². The maximum atomic E-state index is 15.3. The molecule has 1 atom stereocenters. The zero-order valence-corrected chi connectivity index (χ0v) is 14.6. The summed E-state index contributed by atoms with van der Waals surface area (Å²) in [4.78, 5) is 6.25. The molecule has 1 saturated heterocycles. The molecule has 1 aromatic carbocycles. The number of likely N-dealkylation sites (tertiary alicyclic amines) is 1. The third-order valence-corrected chi connectivity index (χ3v) is 4.52. The molecule has 3 aromatic rings. The predicted octanol–water partition coefficient (Wildman–Crippen LogP) is 3.11. The topological polar surface area (TPSA) is 77.4 Å². The lowest BCUT2D eigenvalue weighted by atomic mass is 10.1. The average Bonchev–Trinajstić information content (AvgIpc) is 3.37. The van der Waals surface area contributed by atoms with Crippen LogP contribution in [0.2, 0.25) is 0 Å². The summed E-state index contributed by atoms with van der Waals surface area (Å²) in [5.41, 5.74) is -0.121. The molecule has 8 heteroatoms. The van der Waals surface area contributed by atoms with Gasteiger partial charge in [0.2, 0.25) is 11.5 Å². The van der Waals surface area contributed by atoms with Gasteiger partial charge in [0.25, 0.3) is 5.89 Å². The molecule has 0 bridgehead atoms. The number of halogens is 1. The molecule has 1 aliphatic heterocycles. The molecular weight excluding hydrogens is 339 g/mol. The van der Waals surface area contributed by atoms with Crippen molar-refractivity contribution in [3.63, 3.8) is 0 Å². The highest BCUT2D eigenvalue weighted by molar-refractivity contribution is 5.55. The van der Waals surface area contributed by atoms with Crippen LogP contribution in [0.1, 0.15) is 23.8 Å². The summed E-state index contributed by atoms with van der Waals surface area (Å²) in [6, 6.07) is 9.08. The van der Waals surface area contributed by atoms with Crippen molar-refractivity contribution < 1.29 is 18.2 Å². The van der Waals surface area contributed by atoms with Crippen LogP contribution in [0.3, 0.4) is 0 Å². The summed E-state index contributed by atoms with van der Waals surface area (Å²) >= 11 is 0. The van der Waals surface area contributed by atoms with Gasteiger partial charge in [-0.05, 0) is 31.2 Å². The minimum Gasteiger partial charge on any atom is -0.497 e. The summed E-state index contributed by atoms with van der Waals surface area (Å²) in [6.45, 7) is 3.13. The molecule has 1 aliphatic rings. The smallest absolute Gasteiger partial charge is 0.266 e. The zero-order valence-electron chi connectivity index (χ0n) is 14.6. The Hall–Kier alpha value is -2.74. The number of aromatic nitrogens is 3. The Morgan fingerprint density at radius 3 is 2.73 bits per heavy atom. The molecule has 0 radical (unpaired) electrons. The number of methoxy groups -OCH3 is 1. The first-order valence-electron chi connectivity index (χ1n) is 8.38. The maximum absolute atomic E-state index is 15.3. The van der Waals surface area contributed by atoms with Gasteiger partial charge < -0.3 is 13.8 Å². The van der Waals surface area contributed by atoms with Crippen molar-refractivity contribution in [3.8, 4) is 17.1 Å². The molecule has 1 unspecified atom stereocenters. The van der Waals surface area contributed by atoms with Crippen molar-refractivity contribution in [1.29, 1.82) is 0 Å². The number of benzene rings is 1. The van der Waals surface area contributed by atoms with E-state index in [0.29, 0.717) is 25.3 Å². The quantitative estimate of drug-likeness (QED) is 0.693. The monoisotopic (exact) mass is 358 g/mol. The maximum Gasteiger partial charge on any atom is 0.266 e. The van der Waals surface area contributed by atoms with Crippen LogP contribution in [0, 0.1) is 6.92 Å². The molecule has 1 fully saturated rings. The van der Waals surface area contributed by atoms with Crippen molar-refractivity contribution in [1.82, 2.24) is 20.2 Å². The fourth-order valence-corrected chi connectivity index (χ4v) is 3.14. The Labute approximate surface area is 149 Å². The number of nitrogens with zero attached hydrogens (tertiary/aromatic N) is 4. The molecule has 0 saturated carbocycles. The highest BCUT2D eigenvalue weighted by Gasteiger charge is 2.45. The number of ether oxygens (including phenoxy) is 1. The third kappa shape index (κ3) is 3.20. The SMILES string of the molecule is COc1ccc(-c2noc(C3(F)CCN(Cc4cc(C)on4)C3)n2)cc1. The van der Waals surface area contributed by atoms with Gasteiger partial charge in [-0.25, -0.2) is 4.39 Å². The molecule has 7 nitrogen and oxygen atoms in total. The second-order valence-corrected chi connectivity index (χ2v) is 6.51. The van der Waals surface area contributed by atoms with Gasteiger partial charge in [-0.15, -0.1) is 0 Å². The van der Waals surface area contributed by atoms with E-state index >= 15 is 4.39 Å². The van der Waals surface area contributed by atoms with E-state index in [4.69, 9.17) is 13.8 Å². The van der Waals surface area contributed by atoms with E-state index in [9.17, 15) is 0 Å². The van der Waals surface area contributed by atoms with Gasteiger partial charge in [0, 0.05) is 37.7 Å². The Kier molecular flexibility index (Phi) is 4.20. The van der Waals surface area contributed by atoms with Crippen LogP contribution in [-0.4, -0.2) is 40.4 Å². The molecule has 4 rings (SSSR count).